The van der Waals surface area contributed by atoms with Crippen LogP contribution in [0.15, 0.2) is 18.2 Å². The van der Waals surface area contributed by atoms with Crippen LogP contribution in [0.1, 0.15) is 22.8 Å². The Bertz CT molecular complexity index is 447. The summed E-state index contributed by atoms with van der Waals surface area (Å²) < 4.78 is 0.886. The van der Waals surface area contributed by atoms with Crippen LogP contribution in [0.2, 0.25) is 0 Å². The summed E-state index contributed by atoms with van der Waals surface area (Å²) in [6.45, 7) is 1.08. The van der Waals surface area contributed by atoms with E-state index in [4.69, 9.17) is 20.3 Å². The van der Waals surface area contributed by atoms with Gasteiger partial charge in [-0.25, -0.2) is 0 Å². The van der Waals surface area contributed by atoms with Gasteiger partial charge in [-0.3, -0.25) is 4.79 Å². The van der Waals surface area contributed by atoms with E-state index in [1.807, 2.05) is 6.07 Å². The Morgan fingerprint density at radius 3 is 2.19 bits per heavy atom. The molecular formula is C10H8HgNO4. The number of hydrogen-bond acceptors (Lipinski definition) is 3. The molecule has 0 spiro atoms. The second-order valence-corrected chi connectivity index (χ2v) is 5.74. The molecule has 0 amide bonds. The topological polar surface area (TPSA) is 98.4 Å². The van der Waals surface area contributed by atoms with Gasteiger partial charge < -0.3 is 5.11 Å². The molecule has 0 radical (unpaired) electrons. The third-order valence-electron chi connectivity index (χ3n) is 1.49. The van der Waals surface area contributed by atoms with E-state index in [9.17, 15) is 4.79 Å². The normalized spacial score (nSPS) is 8.38. The standard InChI is InChI=1S/C8H4NO2.C2H4O2.Hg/c9-5-6-3-1-2-4-7(6)8(10)11;1-2(3)4;/h1-2,4H,(H,10,11);1H3,(H,3,4);. The fourth-order valence-electron chi connectivity index (χ4n) is 0.910. The maximum atomic E-state index is 10.6. The molecule has 0 unspecified atom stereocenters. The average Bonchev–Trinajstić information content (AvgIpc) is 2.16. The molecule has 0 aliphatic rings. The first-order valence-corrected chi connectivity index (χ1v) is 6.93. The summed E-state index contributed by atoms with van der Waals surface area (Å²) in [7, 11) is 0. The fraction of sp³-hybridized carbons (Fsp3) is 0.100. The van der Waals surface area contributed by atoms with Crippen molar-refractivity contribution in [1.29, 1.82) is 5.26 Å². The van der Waals surface area contributed by atoms with Gasteiger partial charge in [-0.05, 0) is 0 Å². The Labute approximate surface area is 108 Å². The van der Waals surface area contributed by atoms with Crippen molar-refractivity contribution in [2.45, 2.75) is 6.92 Å². The third kappa shape index (κ3) is 4.89. The molecule has 79 valence electrons. The number of aromatic carboxylic acids is 1. The molecular weight excluding hydrogens is 399 g/mol. The molecule has 1 rings (SSSR count). The van der Waals surface area contributed by atoms with Crippen molar-refractivity contribution in [3.05, 3.63) is 29.3 Å². The quantitative estimate of drug-likeness (QED) is 0.663. The number of carboxylic acids is 2. The number of aliphatic carboxylic acids is 1. The minimum atomic E-state index is -1.03. The predicted octanol–water partition coefficient (Wildman–Crippen LogP) is 0.519. The molecule has 0 aromatic heterocycles. The number of rotatable bonds is 1. The van der Waals surface area contributed by atoms with Crippen molar-refractivity contribution in [2.75, 3.05) is 0 Å². The molecule has 0 saturated carbocycles. The Balaban J connectivity index is 0.000000487. The molecule has 6 heteroatoms. The molecule has 0 aliphatic carbocycles. The molecule has 0 aliphatic heterocycles. The van der Waals surface area contributed by atoms with Gasteiger partial charge in [0.1, 0.15) is 0 Å². The first-order valence-electron chi connectivity index (χ1n) is 4.18. The zero-order valence-electron chi connectivity index (χ0n) is 8.60. The fourth-order valence-corrected chi connectivity index (χ4v) is 2.49. The summed E-state index contributed by atoms with van der Waals surface area (Å²) >= 11 is 0.286. The van der Waals surface area contributed by atoms with E-state index in [-0.39, 0.29) is 31.7 Å². The summed E-state index contributed by atoms with van der Waals surface area (Å²) in [6.07, 6.45) is 0. The zero-order valence-corrected chi connectivity index (χ0v) is 14.1. The van der Waals surface area contributed by atoms with Crippen LogP contribution in [0.25, 0.3) is 0 Å². The molecule has 16 heavy (non-hydrogen) atoms. The van der Waals surface area contributed by atoms with E-state index >= 15 is 0 Å². The van der Waals surface area contributed by atoms with Crippen LogP contribution >= 0.6 is 0 Å². The predicted molar refractivity (Wildman–Crippen MR) is 51.1 cm³/mol. The van der Waals surface area contributed by atoms with Crippen LogP contribution in [-0.4, -0.2) is 22.2 Å². The van der Waals surface area contributed by atoms with Gasteiger partial charge in [0.25, 0.3) is 5.97 Å². The minimum absolute atomic E-state index is 0.116. The number of carbonyl (C=O) groups is 2. The number of benzene rings is 1. The van der Waals surface area contributed by atoms with Gasteiger partial charge in [-0.15, -0.1) is 0 Å². The summed E-state index contributed by atoms with van der Waals surface area (Å²) in [5.74, 6) is -1.86. The van der Waals surface area contributed by atoms with Crippen molar-refractivity contribution >= 4 is 15.0 Å². The van der Waals surface area contributed by atoms with Crippen molar-refractivity contribution in [3.8, 4) is 6.07 Å². The van der Waals surface area contributed by atoms with Crippen molar-refractivity contribution in [2.24, 2.45) is 0 Å². The van der Waals surface area contributed by atoms with E-state index in [0.29, 0.717) is 5.56 Å². The van der Waals surface area contributed by atoms with Gasteiger partial charge in [0.15, 0.2) is 0 Å². The second kappa shape index (κ2) is 6.96. The van der Waals surface area contributed by atoms with Gasteiger partial charge >= 0.3 is 85.7 Å². The monoisotopic (exact) mass is 408 g/mol. The Kier molecular flexibility index (Phi) is 6.34. The number of nitriles is 1. The summed E-state index contributed by atoms with van der Waals surface area (Å²) in [5, 5.41) is 24.8. The molecule has 0 fully saturated rings. The van der Waals surface area contributed by atoms with Gasteiger partial charge in [0.05, 0.1) is 0 Å². The number of hydrogen-bond donors (Lipinski definition) is 2. The zero-order chi connectivity index (χ0) is 12.7. The average molecular weight is 407 g/mol. The van der Waals surface area contributed by atoms with Crippen LogP contribution in [0.4, 0.5) is 0 Å². The molecule has 1 aromatic rings. The van der Waals surface area contributed by atoms with Crippen LogP contribution in [0.3, 0.4) is 0 Å². The Morgan fingerprint density at radius 2 is 1.88 bits per heavy atom. The van der Waals surface area contributed by atoms with Gasteiger partial charge in [-0.2, -0.15) is 0 Å². The molecule has 0 bridgehead atoms. The first-order chi connectivity index (χ1) is 7.40. The SMILES string of the molecule is CC(=O)O.N#Cc1[c]([Hg])cccc1C(=O)O. The van der Waals surface area contributed by atoms with Gasteiger partial charge in [0, 0.05) is 6.92 Å². The van der Waals surface area contributed by atoms with Gasteiger partial charge in [-0.1, -0.05) is 0 Å². The molecule has 1 aromatic carbocycles. The van der Waals surface area contributed by atoms with Gasteiger partial charge in [0.2, 0.25) is 0 Å². The molecule has 2 N–H and O–H groups in total. The van der Waals surface area contributed by atoms with E-state index in [2.05, 4.69) is 0 Å². The van der Waals surface area contributed by atoms with Crippen LogP contribution in [0.5, 0.6) is 0 Å². The van der Waals surface area contributed by atoms with E-state index in [0.717, 1.165) is 10.00 Å². The number of carboxylic acid groups (broad SMARTS) is 2. The Hall–Kier alpha value is -1.41. The molecule has 5 nitrogen and oxygen atoms in total. The number of nitrogens with zero attached hydrogens (tertiary/aromatic N) is 1. The summed E-state index contributed by atoms with van der Waals surface area (Å²) in [6, 6.07) is 6.84. The maximum absolute atomic E-state index is 10.6. The van der Waals surface area contributed by atoms with Crippen molar-refractivity contribution < 1.29 is 45.9 Å². The summed E-state index contributed by atoms with van der Waals surface area (Å²) in [5.41, 5.74) is 0.443. The second-order valence-electron chi connectivity index (χ2n) is 2.78. The molecule has 0 saturated heterocycles. The van der Waals surface area contributed by atoms with E-state index < -0.39 is 11.9 Å². The van der Waals surface area contributed by atoms with Crippen LogP contribution in [-0.2, 0) is 30.9 Å². The van der Waals surface area contributed by atoms with Crippen LogP contribution in [0, 0.1) is 11.3 Å². The molecule has 0 heterocycles. The van der Waals surface area contributed by atoms with Crippen molar-refractivity contribution in [3.63, 3.8) is 0 Å². The van der Waals surface area contributed by atoms with Crippen LogP contribution < -0.4 is 3.07 Å². The van der Waals surface area contributed by atoms with E-state index in [1.54, 1.807) is 12.1 Å². The van der Waals surface area contributed by atoms with E-state index in [1.165, 1.54) is 6.07 Å². The Morgan fingerprint density at radius 1 is 1.38 bits per heavy atom. The molecule has 0 atom stereocenters. The third-order valence-corrected chi connectivity index (χ3v) is 3.78. The first kappa shape index (κ1) is 14.6. The van der Waals surface area contributed by atoms with Crippen molar-refractivity contribution in [1.82, 2.24) is 0 Å². The summed E-state index contributed by atoms with van der Waals surface area (Å²) in [4.78, 5) is 19.6.